The highest BCUT2D eigenvalue weighted by molar-refractivity contribution is 9.10. The summed E-state index contributed by atoms with van der Waals surface area (Å²) in [7, 11) is 1.67. The van der Waals surface area contributed by atoms with Crippen LogP contribution in [0.1, 0.15) is 11.3 Å². The Kier molecular flexibility index (Phi) is 3.02. The topological polar surface area (TPSA) is 22.1 Å². The number of rotatable bonds is 2. The van der Waals surface area contributed by atoms with Crippen molar-refractivity contribution in [2.45, 2.75) is 13.5 Å². The Morgan fingerprint density at radius 3 is 2.91 bits per heavy atom. The van der Waals surface area contributed by atoms with Gasteiger partial charge >= 0.3 is 0 Å². The van der Waals surface area contributed by atoms with E-state index >= 15 is 0 Å². The van der Waals surface area contributed by atoms with Crippen molar-refractivity contribution >= 4 is 15.9 Å². The molecule has 0 radical (unpaired) electrons. The quantitative estimate of drug-likeness (QED) is 0.756. The van der Waals surface area contributed by atoms with E-state index in [4.69, 9.17) is 4.74 Å². The van der Waals surface area contributed by atoms with Gasteiger partial charge in [-0.05, 0) is 34.5 Å². The smallest absolute Gasteiger partial charge is 0.0886 e. The third kappa shape index (κ3) is 2.27. The van der Waals surface area contributed by atoms with Gasteiger partial charge in [0.05, 0.1) is 12.3 Å². The molecule has 0 aliphatic carbocycles. The lowest BCUT2D eigenvalue weighted by atomic mass is 10.2. The molecule has 1 aromatic heterocycles. The van der Waals surface area contributed by atoms with Crippen LogP contribution >= 0.6 is 15.9 Å². The van der Waals surface area contributed by atoms with Gasteiger partial charge in [-0.15, -0.1) is 0 Å². The first-order chi connectivity index (χ1) is 5.24. The molecule has 0 fully saturated rings. The van der Waals surface area contributed by atoms with Gasteiger partial charge in [-0.1, -0.05) is 0 Å². The summed E-state index contributed by atoms with van der Waals surface area (Å²) in [6.07, 6.45) is 1.78. The molecule has 0 aromatic carbocycles. The summed E-state index contributed by atoms with van der Waals surface area (Å²) >= 11 is 3.34. The first kappa shape index (κ1) is 8.68. The summed E-state index contributed by atoms with van der Waals surface area (Å²) in [6, 6.07) is 2.03. The van der Waals surface area contributed by atoms with Crippen LogP contribution in [0.2, 0.25) is 0 Å². The number of aromatic nitrogens is 1. The minimum atomic E-state index is 0.582. The van der Waals surface area contributed by atoms with E-state index in [-0.39, 0.29) is 0 Å². The van der Waals surface area contributed by atoms with E-state index in [1.54, 1.807) is 13.3 Å². The zero-order valence-electron chi connectivity index (χ0n) is 6.60. The Morgan fingerprint density at radius 1 is 1.64 bits per heavy atom. The molecule has 1 aromatic rings. The summed E-state index contributed by atoms with van der Waals surface area (Å²) in [5, 5.41) is 0. The third-order valence-corrected chi connectivity index (χ3v) is 1.87. The predicted octanol–water partition coefficient (Wildman–Crippen LogP) is 2.30. The van der Waals surface area contributed by atoms with Crippen LogP contribution in [0.3, 0.4) is 0 Å². The van der Waals surface area contributed by atoms with E-state index in [9.17, 15) is 0 Å². The van der Waals surface area contributed by atoms with Crippen molar-refractivity contribution in [3.05, 3.63) is 28.0 Å². The van der Waals surface area contributed by atoms with Gasteiger partial charge in [0.15, 0.2) is 0 Å². The summed E-state index contributed by atoms with van der Waals surface area (Å²) in [5.41, 5.74) is 2.15. The van der Waals surface area contributed by atoms with Crippen molar-refractivity contribution in [2.24, 2.45) is 0 Å². The van der Waals surface area contributed by atoms with Crippen LogP contribution in [0.5, 0.6) is 0 Å². The summed E-state index contributed by atoms with van der Waals surface area (Å²) < 4.78 is 5.98. The highest BCUT2D eigenvalue weighted by Gasteiger charge is 1.98. The number of aryl methyl sites for hydroxylation is 1. The van der Waals surface area contributed by atoms with Crippen molar-refractivity contribution in [1.82, 2.24) is 4.98 Å². The monoisotopic (exact) mass is 215 g/mol. The minimum Gasteiger partial charge on any atom is -0.378 e. The van der Waals surface area contributed by atoms with E-state index in [1.807, 2.05) is 13.0 Å². The molecule has 0 unspecified atom stereocenters. The second-order valence-electron chi connectivity index (χ2n) is 2.35. The Balaban J connectivity index is 2.90. The van der Waals surface area contributed by atoms with Crippen LogP contribution in [0.15, 0.2) is 16.7 Å². The molecule has 0 saturated carbocycles. The van der Waals surface area contributed by atoms with Gasteiger partial charge < -0.3 is 4.74 Å². The van der Waals surface area contributed by atoms with Crippen LogP contribution in [-0.4, -0.2) is 12.1 Å². The molecule has 1 rings (SSSR count). The summed E-state index contributed by atoms with van der Waals surface area (Å²) in [5.74, 6) is 0. The van der Waals surface area contributed by atoms with E-state index in [2.05, 4.69) is 20.9 Å². The molecule has 2 nitrogen and oxygen atoms in total. The lowest BCUT2D eigenvalue weighted by Crippen LogP contribution is -1.95. The Labute approximate surface area is 74.7 Å². The fourth-order valence-electron chi connectivity index (χ4n) is 0.857. The van der Waals surface area contributed by atoms with Gasteiger partial charge in [-0.25, -0.2) is 0 Å². The molecular formula is C8H10BrNO. The zero-order chi connectivity index (χ0) is 8.27. The Bertz CT molecular complexity index is 250. The van der Waals surface area contributed by atoms with E-state index in [0.717, 1.165) is 15.7 Å². The first-order valence-electron chi connectivity index (χ1n) is 3.34. The summed E-state index contributed by atoms with van der Waals surface area (Å²) in [4.78, 5) is 4.20. The van der Waals surface area contributed by atoms with Crippen LogP contribution < -0.4 is 0 Å². The van der Waals surface area contributed by atoms with E-state index < -0.39 is 0 Å². The lowest BCUT2D eigenvalue weighted by molar-refractivity contribution is 0.181. The molecule has 60 valence electrons. The number of nitrogens with zero attached hydrogens (tertiary/aromatic N) is 1. The molecule has 1 heterocycles. The number of methoxy groups -OCH3 is 1. The molecule has 11 heavy (non-hydrogen) atoms. The largest absolute Gasteiger partial charge is 0.378 e. The van der Waals surface area contributed by atoms with E-state index in [1.165, 1.54) is 0 Å². The number of hydrogen-bond donors (Lipinski definition) is 0. The number of halogens is 1. The number of ether oxygens (including phenoxy) is 1. The molecule has 0 amide bonds. The molecule has 0 aliphatic heterocycles. The fraction of sp³-hybridized carbons (Fsp3) is 0.375. The maximum Gasteiger partial charge on any atom is 0.0886 e. The van der Waals surface area contributed by atoms with Crippen LogP contribution in [0.4, 0.5) is 0 Å². The third-order valence-electron chi connectivity index (χ3n) is 1.43. The van der Waals surface area contributed by atoms with Crippen LogP contribution in [0, 0.1) is 6.92 Å². The number of hydrogen-bond acceptors (Lipinski definition) is 2. The molecule has 0 aliphatic rings. The van der Waals surface area contributed by atoms with Crippen molar-refractivity contribution < 1.29 is 4.74 Å². The first-order valence-corrected chi connectivity index (χ1v) is 4.13. The van der Waals surface area contributed by atoms with Crippen molar-refractivity contribution in [2.75, 3.05) is 7.11 Å². The van der Waals surface area contributed by atoms with Crippen molar-refractivity contribution in [1.29, 1.82) is 0 Å². The standard InChI is InChI=1S/C8H10BrNO/c1-6-3-7(9)4-10-8(6)5-11-2/h3-4H,5H2,1-2H3. The van der Waals surface area contributed by atoms with Gasteiger partial charge in [-0.3, -0.25) is 4.98 Å². The molecule has 3 heteroatoms. The average molecular weight is 216 g/mol. The second-order valence-corrected chi connectivity index (χ2v) is 3.27. The van der Waals surface area contributed by atoms with Crippen molar-refractivity contribution in [3.8, 4) is 0 Å². The molecule has 0 bridgehead atoms. The number of pyridine rings is 1. The summed E-state index contributed by atoms with van der Waals surface area (Å²) in [6.45, 7) is 2.60. The minimum absolute atomic E-state index is 0.582. The SMILES string of the molecule is COCc1ncc(Br)cc1C. The van der Waals surface area contributed by atoms with Gasteiger partial charge in [-0.2, -0.15) is 0 Å². The Hall–Kier alpha value is -0.410. The van der Waals surface area contributed by atoms with Gasteiger partial charge in [0.25, 0.3) is 0 Å². The molecule has 0 atom stereocenters. The van der Waals surface area contributed by atoms with Gasteiger partial charge in [0, 0.05) is 17.8 Å². The van der Waals surface area contributed by atoms with E-state index in [0.29, 0.717) is 6.61 Å². The zero-order valence-corrected chi connectivity index (χ0v) is 8.18. The average Bonchev–Trinajstić information content (AvgIpc) is 1.95. The van der Waals surface area contributed by atoms with Gasteiger partial charge in [0.1, 0.15) is 0 Å². The molecule has 0 N–H and O–H groups in total. The normalized spacial score (nSPS) is 10.1. The van der Waals surface area contributed by atoms with Gasteiger partial charge in [0.2, 0.25) is 0 Å². The highest BCUT2D eigenvalue weighted by atomic mass is 79.9. The Morgan fingerprint density at radius 2 is 2.36 bits per heavy atom. The molecule has 0 saturated heterocycles. The second kappa shape index (κ2) is 3.83. The van der Waals surface area contributed by atoms with Crippen LogP contribution in [0.25, 0.3) is 0 Å². The van der Waals surface area contributed by atoms with Crippen LogP contribution in [-0.2, 0) is 11.3 Å². The fourth-order valence-corrected chi connectivity index (χ4v) is 1.30. The highest BCUT2D eigenvalue weighted by Crippen LogP contribution is 2.13. The maximum atomic E-state index is 4.97. The lowest BCUT2D eigenvalue weighted by Gasteiger charge is -2.02. The molecular weight excluding hydrogens is 206 g/mol. The maximum absolute atomic E-state index is 4.97. The predicted molar refractivity (Wildman–Crippen MR) is 47.4 cm³/mol. The molecule has 0 spiro atoms. The van der Waals surface area contributed by atoms with Crippen molar-refractivity contribution in [3.63, 3.8) is 0 Å².